The zero-order valence-electron chi connectivity index (χ0n) is 8.63. The number of nitrogens with two attached hydrogens (primary N) is 1. The van der Waals surface area contributed by atoms with Crippen molar-refractivity contribution in [1.82, 2.24) is 5.32 Å². The summed E-state index contributed by atoms with van der Waals surface area (Å²) in [6.07, 6.45) is 3.82. The fraction of sp³-hybridized carbons (Fsp3) is 0.900. The highest BCUT2D eigenvalue weighted by Crippen LogP contribution is 2.19. The normalized spacial score (nSPS) is 18.1. The van der Waals surface area contributed by atoms with Crippen molar-refractivity contribution in [2.75, 3.05) is 26.3 Å². The van der Waals surface area contributed by atoms with E-state index in [0.717, 1.165) is 32.5 Å². The number of nitrogens with one attached hydrogen (secondary N) is 1. The van der Waals surface area contributed by atoms with Gasteiger partial charge >= 0.3 is 0 Å². The van der Waals surface area contributed by atoms with Gasteiger partial charge in [-0.05, 0) is 25.2 Å². The molecule has 0 aromatic rings. The van der Waals surface area contributed by atoms with E-state index in [9.17, 15) is 4.79 Å². The van der Waals surface area contributed by atoms with E-state index in [1.807, 2.05) is 0 Å². The van der Waals surface area contributed by atoms with E-state index in [4.69, 9.17) is 10.5 Å². The monoisotopic (exact) mass is 200 g/mol. The summed E-state index contributed by atoms with van der Waals surface area (Å²) in [7, 11) is 0. The van der Waals surface area contributed by atoms with Crippen LogP contribution in [0.15, 0.2) is 0 Å². The SMILES string of the molecule is NCCNC(=O)CCC1CCOCC1. The second-order valence-corrected chi connectivity index (χ2v) is 3.73. The molecule has 0 atom stereocenters. The summed E-state index contributed by atoms with van der Waals surface area (Å²) < 4.78 is 5.25. The lowest BCUT2D eigenvalue weighted by molar-refractivity contribution is -0.121. The molecule has 0 aromatic heterocycles. The van der Waals surface area contributed by atoms with Crippen molar-refractivity contribution in [3.63, 3.8) is 0 Å². The first-order valence-electron chi connectivity index (χ1n) is 5.37. The first-order valence-corrected chi connectivity index (χ1v) is 5.37. The highest BCUT2D eigenvalue weighted by Gasteiger charge is 2.14. The van der Waals surface area contributed by atoms with Crippen molar-refractivity contribution < 1.29 is 9.53 Å². The average Bonchev–Trinajstić information content (AvgIpc) is 2.25. The molecule has 0 unspecified atom stereocenters. The molecule has 1 rings (SSSR count). The van der Waals surface area contributed by atoms with Gasteiger partial charge in [0.1, 0.15) is 0 Å². The van der Waals surface area contributed by atoms with Crippen LogP contribution in [0, 0.1) is 5.92 Å². The molecule has 1 amide bonds. The van der Waals surface area contributed by atoms with Gasteiger partial charge in [-0.1, -0.05) is 0 Å². The fourth-order valence-electron chi connectivity index (χ4n) is 1.67. The van der Waals surface area contributed by atoms with Crippen LogP contribution in [0.5, 0.6) is 0 Å². The van der Waals surface area contributed by atoms with Crippen LogP contribution in [0.25, 0.3) is 0 Å². The average molecular weight is 200 g/mol. The van der Waals surface area contributed by atoms with Gasteiger partial charge in [0, 0.05) is 32.7 Å². The number of hydrogen-bond donors (Lipinski definition) is 2. The van der Waals surface area contributed by atoms with Gasteiger partial charge in [0.25, 0.3) is 0 Å². The van der Waals surface area contributed by atoms with E-state index >= 15 is 0 Å². The zero-order chi connectivity index (χ0) is 10.2. The summed E-state index contributed by atoms with van der Waals surface area (Å²) in [6.45, 7) is 2.82. The van der Waals surface area contributed by atoms with Crippen LogP contribution < -0.4 is 11.1 Å². The zero-order valence-corrected chi connectivity index (χ0v) is 8.63. The Balaban J connectivity index is 2.03. The third-order valence-electron chi connectivity index (χ3n) is 2.59. The van der Waals surface area contributed by atoms with Crippen LogP contribution in [0.4, 0.5) is 0 Å². The number of rotatable bonds is 5. The summed E-state index contributed by atoms with van der Waals surface area (Å²) in [4.78, 5) is 11.2. The molecule has 82 valence electrons. The molecule has 1 saturated heterocycles. The topological polar surface area (TPSA) is 64.3 Å². The molecule has 1 aliphatic rings. The highest BCUT2D eigenvalue weighted by atomic mass is 16.5. The minimum atomic E-state index is 0.127. The number of amides is 1. The number of carbonyl (C=O) groups is 1. The summed E-state index contributed by atoms with van der Waals surface area (Å²) in [5.41, 5.74) is 5.28. The van der Waals surface area contributed by atoms with Crippen molar-refractivity contribution in [2.24, 2.45) is 11.7 Å². The Morgan fingerprint density at radius 2 is 2.14 bits per heavy atom. The van der Waals surface area contributed by atoms with E-state index in [1.54, 1.807) is 0 Å². The molecule has 0 bridgehead atoms. The van der Waals surface area contributed by atoms with Crippen LogP contribution in [0.2, 0.25) is 0 Å². The minimum absolute atomic E-state index is 0.127. The Morgan fingerprint density at radius 1 is 1.43 bits per heavy atom. The maximum Gasteiger partial charge on any atom is 0.220 e. The lowest BCUT2D eigenvalue weighted by atomic mass is 9.95. The Morgan fingerprint density at radius 3 is 2.79 bits per heavy atom. The van der Waals surface area contributed by atoms with E-state index < -0.39 is 0 Å². The van der Waals surface area contributed by atoms with Crippen molar-refractivity contribution in [3.05, 3.63) is 0 Å². The molecule has 1 fully saturated rings. The largest absolute Gasteiger partial charge is 0.381 e. The number of hydrogen-bond acceptors (Lipinski definition) is 3. The van der Waals surface area contributed by atoms with E-state index in [-0.39, 0.29) is 5.91 Å². The van der Waals surface area contributed by atoms with Gasteiger partial charge in [-0.25, -0.2) is 0 Å². The Hall–Kier alpha value is -0.610. The maximum atomic E-state index is 11.2. The Bertz CT molecular complexity index is 168. The third kappa shape index (κ3) is 4.58. The maximum absolute atomic E-state index is 11.2. The molecule has 4 nitrogen and oxygen atoms in total. The second-order valence-electron chi connectivity index (χ2n) is 3.73. The van der Waals surface area contributed by atoms with E-state index in [0.29, 0.717) is 25.4 Å². The summed E-state index contributed by atoms with van der Waals surface area (Å²) >= 11 is 0. The molecule has 4 heteroatoms. The molecule has 3 N–H and O–H groups in total. The van der Waals surface area contributed by atoms with Gasteiger partial charge in [-0.3, -0.25) is 4.79 Å². The van der Waals surface area contributed by atoms with Crippen LogP contribution in [0.3, 0.4) is 0 Å². The molecule has 1 heterocycles. The van der Waals surface area contributed by atoms with E-state index in [2.05, 4.69) is 5.32 Å². The quantitative estimate of drug-likeness (QED) is 0.669. The molecular formula is C10H20N2O2. The van der Waals surface area contributed by atoms with Gasteiger partial charge in [-0.15, -0.1) is 0 Å². The third-order valence-corrected chi connectivity index (χ3v) is 2.59. The van der Waals surface area contributed by atoms with Crippen LogP contribution in [0.1, 0.15) is 25.7 Å². The Labute approximate surface area is 85.2 Å². The summed E-state index contributed by atoms with van der Waals surface area (Å²) in [5.74, 6) is 0.800. The molecule has 0 aliphatic carbocycles. The van der Waals surface area contributed by atoms with Crippen molar-refractivity contribution >= 4 is 5.91 Å². The van der Waals surface area contributed by atoms with Crippen LogP contribution in [-0.2, 0) is 9.53 Å². The molecule has 0 saturated carbocycles. The molecule has 14 heavy (non-hydrogen) atoms. The molecule has 0 radical (unpaired) electrons. The van der Waals surface area contributed by atoms with Crippen molar-refractivity contribution in [3.8, 4) is 0 Å². The van der Waals surface area contributed by atoms with Crippen molar-refractivity contribution in [2.45, 2.75) is 25.7 Å². The van der Waals surface area contributed by atoms with Gasteiger partial charge in [-0.2, -0.15) is 0 Å². The molecule has 1 aliphatic heterocycles. The first kappa shape index (κ1) is 11.5. The molecule has 0 aromatic carbocycles. The summed E-state index contributed by atoms with van der Waals surface area (Å²) in [6, 6.07) is 0. The standard InChI is InChI=1S/C10H20N2O2/c11-5-6-12-10(13)2-1-9-3-7-14-8-4-9/h9H,1-8,11H2,(H,12,13). The van der Waals surface area contributed by atoms with Gasteiger partial charge in [0.05, 0.1) is 0 Å². The fourth-order valence-corrected chi connectivity index (χ4v) is 1.67. The highest BCUT2D eigenvalue weighted by molar-refractivity contribution is 5.75. The smallest absolute Gasteiger partial charge is 0.220 e. The predicted molar refractivity (Wildman–Crippen MR) is 54.8 cm³/mol. The van der Waals surface area contributed by atoms with E-state index in [1.165, 1.54) is 0 Å². The van der Waals surface area contributed by atoms with Gasteiger partial charge in [0.2, 0.25) is 5.91 Å². The molecule has 0 spiro atoms. The lowest BCUT2D eigenvalue weighted by Crippen LogP contribution is -2.29. The molecular weight excluding hydrogens is 180 g/mol. The summed E-state index contributed by atoms with van der Waals surface area (Å²) in [5, 5.41) is 2.78. The second kappa shape index (κ2) is 6.79. The number of ether oxygens (including phenoxy) is 1. The Kier molecular flexibility index (Phi) is 5.56. The lowest BCUT2D eigenvalue weighted by Gasteiger charge is -2.21. The van der Waals surface area contributed by atoms with Gasteiger partial charge < -0.3 is 15.8 Å². The first-order chi connectivity index (χ1) is 6.83. The van der Waals surface area contributed by atoms with Crippen molar-refractivity contribution in [1.29, 1.82) is 0 Å². The van der Waals surface area contributed by atoms with Crippen LogP contribution >= 0.6 is 0 Å². The predicted octanol–water partition coefficient (Wildman–Crippen LogP) is 0.268. The number of carbonyl (C=O) groups excluding carboxylic acids is 1. The minimum Gasteiger partial charge on any atom is -0.381 e. The van der Waals surface area contributed by atoms with Gasteiger partial charge in [0.15, 0.2) is 0 Å². The van der Waals surface area contributed by atoms with Crippen LogP contribution in [-0.4, -0.2) is 32.2 Å².